The molecule has 0 saturated carbocycles. The molecule has 4 nitrogen and oxygen atoms in total. The molecular weight excluding hydrogens is 396 g/mol. The summed E-state index contributed by atoms with van der Waals surface area (Å²) in [5.74, 6) is 1.59. The minimum Gasteiger partial charge on any atom is -0.305 e. The van der Waals surface area contributed by atoms with Gasteiger partial charge in [-0.3, -0.25) is 0 Å². The van der Waals surface area contributed by atoms with Gasteiger partial charge in [0.15, 0.2) is 11.0 Å². The Hall–Kier alpha value is -2.15. The third-order valence-electron chi connectivity index (χ3n) is 4.14. The number of aromatic nitrogens is 4. The zero-order valence-electron chi connectivity index (χ0n) is 14.9. The van der Waals surface area contributed by atoms with Crippen molar-refractivity contribution in [2.24, 2.45) is 7.05 Å². The van der Waals surface area contributed by atoms with Gasteiger partial charge < -0.3 is 4.57 Å². The van der Waals surface area contributed by atoms with E-state index in [1.165, 1.54) is 5.56 Å². The fraction of sp³-hybridized carbons (Fsp3) is 0.150. The van der Waals surface area contributed by atoms with Crippen LogP contribution in [0.5, 0.6) is 0 Å². The van der Waals surface area contributed by atoms with Crippen LogP contribution in [0.2, 0.25) is 5.02 Å². The number of hydrogen-bond donors (Lipinski definition) is 0. The zero-order valence-corrected chi connectivity index (χ0v) is 17.3. The molecule has 136 valence electrons. The van der Waals surface area contributed by atoms with Gasteiger partial charge in [-0.1, -0.05) is 53.2 Å². The molecule has 0 amide bonds. The van der Waals surface area contributed by atoms with Crippen molar-refractivity contribution in [3.8, 4) is 22.0 Å². The predicted molar refractivity (Wildman–Crippen MR) is 113 cm³/mol. The van der Waals surface area contributed by atoms with Gasteiger partial charge >= 0.3 is 0 Å². The van der Waals surface area contributed by atoms with Crippen LogP contribution in [0, 0.1) is 6.92 Å². The van der Waals surface area contributed by atoms with Gasteiger partial charge in [-0.2, -0.15) is 0 Å². The molecule has 0 spiro atoms. The molecule has 0 N–H and O–H groups in total. The van der Waals surface area contributed by atoms with Crippen molar-refractivity contribution in [3.05, 3.63) is 70.2 Å². The van der Waals surface area contributed by atoms with Crippen molar-refractivity contribution >= 4 is 34.7 Å². The maximum atomic E-state index is 5.96. The third kappa shape index (κ3) is 4.08. The smallest absolute Gasteiger partial charge is 0.191 e. The number of nitrogens with zero attached hydrogens (tertiary/aromatic N) is 4. The topological polar surface area (TPSA) is 43.6 Å². The highest BCUT2D eigenvalue weighted by atomic mass is 35.5. The molecule has 0 atom stereocenters. The van der Waals surface area contributed by atoms with Crippen molar-refractivity contribution < 1.29 is 0 Å². The molecule has 2 heterocycles. The lowest BCUT2D eigenvalue weighted by atomic mass is 10.2. The van der Waals surface area contributed by atoms with E-state index in [9.17, 15) is 0 Å². The maximum absolute atomic E-state index is 5.96. The summed E-state index contributed by atoms with van der Waals surface area (Å²) in [4.78, 5) is 4.76. The Labute approximate surface area is 171 Å². The SMILES string of the molecule is Cc1ccc(-c2nc(CSc3nnc(-c4ccc(Cl)cc4)n3C)cs2)cc1. The van der Waals surface area contributed by atoms with Crippen LogP contribution in [-0.4, -0.2) is 19.7 Å². The van der Waals surface area contributed by atoms with Gasteiger partial charge in [0.2, 0.25) is 0 Å². The fourth-order valence-corrected chi connectivity index (χ4v) is 4.49. The van der Waals surface area contributed by atoms with Crippen molar-refractivity contribution in [2.75, 3.05) is 0 Å². The Kier molecular flexibility index (Phi) is 5.29. The largest absolute Gasteiger partial charge is 0.305 e. The van der Waals surface area contributed by atoms with Gasteiger partial charge in [-0.25, -0.2) is 4.98 Å². The van der Waals surface area contributed by atoms with Crippen molar-refractivity contribution in [2.45, 2.75) is 17.8 Å². The van der Waals surface area contributed by atoms with E-state index in [4.69, 9.17) is 16.6 Å². The van der Waals surface area contributed by atoms with Crippen LogP contribution < -0.4 is 0 Å². The molecule has 4 aromatic rings. The van der Waals surface area contributed by atoms with Crippen LogP contribution in [0.25, 0.3) is 22.0 Å². The molecule has 0 aliphatic carbocycles. The minimum atomic E-state index is 0.712. The summed E-state index contributed by atoms with van der Waals surface area (Å²) in [7, 11) is 1.98. The minimum absolute atomic E-state index is 0.712. The highest BCUT2D eigenvalue weighted by Crippen LogP contribution is 2.29. The average Bonchev–Trinajstić information content (AvgIpc) is 3.28. The van der Waals surface area contributed by atoms with Crippen molar-refractivity contribution in [3.63, 3.8) is 0 Å². The summed E-state index contributed by atoms with van der Waals surface area (Å²) in [5, 5.41) is 13.4. The molecule has 0 aliphatic heterocycles. The predicted octanol–water partition coefficient (Wildman–Crippen LogP) is 5.86. The highest BCUT2D eigenvalue weighted by Gasteiger charge is 2.12. The number of rotatable bonds is 5. The second kappa shape index (κ2) is 7.84. The Bertz CT molecular complexity index is 1050. The molecule has 4 rings (SSSR count). The molecule has 27 heavy (non-hydrogen) atoms. The molecule has 7 heteroatoms. The summed E-state index contributed by atoms with van der Waals surface area (Å²) in [6.07, 6.45) is 0. The number of aryl methyl sites for hydroxylation is 1. The molecule has 2 aromatic heterocycles. The van der Waals surface area contributed by atoms with Crippen LogP contribution >= 0.6 is 34.7 Å². The van der Waals surface area contributed by atoms with E-state index in [0.717, 1.165) is 38.6 Å². The zero-order chi connectivity index (χ0) is 18.8. The summed E-state index contributed by atoms with van der Waals surface area (Å²) >= 11 is 9.27. The average molecular weight is 413 g/mol. The van der Waals surface area contributed by atoms with E-state index >= 15 is 0 Å². The number of thioether (sulfide) groups is 1. The molecule has 2 aromatic carbocycles. The van der Waals surface area contributed by atoms with Crippen LogP contribution in [0.4, 0.5) is 0 Å². The number of thiazole rings is 1. The molecule has 0 saturated heterocycles. The lowest BCUT2D eigenvalue weighted by molar-refractivity contribution is 0.793. The summed E-state index contributed by atoms with van der Waals surface area (Å²) < 4.78 is 2.00. The van der Waals surface area contributed by atoms with E-state index in [1.54, 1.807) is 23.1 Å². The summed E-state index contributed by atoms with van der Waals surface area (Å²) in [5.41, 5.74) is 4.46. The van der Waals surface area contributed by atoms with E-state index in [-0.39, 0.29) is 0 Å². The van der Waals surface area contributed by atoms with Crippen LogP contribution in [0.15, 0.2) is 59.1 Å². The summed E-state index contributed by atoms with van der Waals surface area (Å²) in [6.45, 7) is 2.09. The van der Waals surface area contributed by atoms with Crippen LogP contribution in [0.3, 0.4) is 0 Å². The van der Waals surface area contributed by atoms with Crippen molar-refractivity contribution in [1.29, 1.82) is 0 Å². The number of halogens is 1. The second-order valence-electron chi connectivity index (χ2n) is 6.17. The molecule has 0 bridgehead atoms. The van der Waals surface area contributed by atoms with Crippen LogP contribution in [0.1, 0.15) is 11.3 Å². The third-order valence-corrected chi connectivity index (χ3v) is 6.38. The van der Waals surface area contributed by atoms with Crippen LogP contribution in [-0.2, 0) is 12.8 Å². The first-order chi connectivity index (χ1) is 13.1. The Morgan fingerprint density at radius 3 is 2.44 bits per heavy atom. The first kappa shape index (κ1) is 18.2. The van der Waals surface area contributed by atoms with Gasteiger partial charge in [-0.15, -0.1) is 21.5 Å². The lowest BCUT2D eigenvalue weighted by Crippen LogP contribution is -1.95. The molecule has 0 radical (unpaired) electrons. The van der Waals surface area contributed by atoms with Gasteiger partial charge in [0.05, 0.1) is 5.69 Å². The Morgan fingerprint density at radius 1 is 1.00 bits per heavy atom. The second-order valence-corrected chi connectivity index (χ2v) is 8.41. The van der Waals surface area contributed by atoms with Crippen molar-refractivity contribution in [1.82, 2.24) is 19.7 Å². The standard InChI is InChI=1S/C20H17ClN4S2/c1-13-3-5-15(6-4-13)19-22-17(11-26-19)12-27-20-24-23-18(25(20)2)14-7-9-16(21)10-8-14/h3-11H,12H2,1-2H3. The molecule has 0 fully saturated rings. The van der Waals surface area contributed by atoms with E-state index in [0.29, 0.717) is 5.02 Å². The van der Waals surface area contributed by atoms with Gasteiger partial charge in [0, 0.05) is 34.3 Å². The van der Waals surface area contributed by atoms with E-state index in [1.807, 2.05) is 35.9 Å². The van der Waals surface area contributed by atoms with E-state index < -0.39 is 0 Å². The van der Waals surface area contributed by atoms with Gasteiger partial charge in [0.1, 0.15) is 5.01 Å². The van der Waals surface area contributed by atoms with Gasteiger partial charge in [-0.05, 0) is 31.2 Å². The van der Waals surface area contributed by atoms with E-state index in [2.05, 4.69) is 46.8 Å². The monoisotopic (exact) mass is 412 g/mol. The Morgan fingerprint density at radius 2 is 1.70 bits per heavy atom. The maximum Gasteiger partial charge on any atom is 0.191 e. The lowest BCUT2D eigenvalue weighted by Gasteiger charge is -2.03. The molecule has 0 unspecified atom stereocenters. The molecular formula is C20H17ClN4S2. The highest BCUT2D eigenvalue weighted by molar-refractivity contribution is 7.98. The number of hydrogen-bond acceptors (Lipinski definition) is 5. The number of benzene rings is 2. The summed E-state index contributed by atoms with van der Waals surface area (Å²) in [6, 6.07) is 16.1. The fourth-order valence-electron chi connectivity index (χ4n) is 2.63. The first-order valence-corrected chi connectivity index (χ1v) is 10.6. The van der Waals surface area contributed by atoms with Gasteiger partial charge in [0.25, 0.3) is 0 Å². The first-order valence-electron chi connectivity index (χ1n) is 8.40. The Balaban J connectivity index is 1.46. The quantitative estimate of drug-likeness (QED) is 0.385. The normalized spacial score (nSPS) is 11.1. The molecule has 0 aliphatic rings.